The van der Waals surface area contributed by atoms with E-state index in [4.69, 9.17) is 10.2 Å². The molecule has 138 valence electrons. The molecule has 0 bridgehead atoms. The van der Waals surface area contributed by atoms with Crippen LogP contribution in [0.3, 0.4) is 0 Å². The van der Waals surface area contributed by atoms with Gasteiger partial charge >= 0.3 is 0 Å². The second-order valence-corrected chi connectivity index (χ2v) is 6.65. The Labute approximate surface area is 146 Å². The van der Waals surface area contributed by atoms with Crippen LogP contribution in [0.15, 0.2) is 10.7 Å². The van der Waals surface area contributed by atoms with Crippen molar-refractivity contribution in [2.75, 3.05) is 6.54 Å². The number of oxazole rings is 1. The average Bonchev–Trinajstić information content (AvgIpc) is 3.06. The molecular weight excluding hydrogens is 302 g/mol. The first-order valence-electron chi connectivity index (χ1n) is 9.64. The number of carbonyl (C=O) groups is 1. The van der Waals surface area contributed by atoms with Crippen LogP contribution >= 0.6 is 0 Å². The van der Waals surface area contributed by atoms with Gasteiger partial charge in [0.05, 0.1) is 6.04 Å². The lowest BCUT2D eigenvalue weighted by atomic mass is 10.1. The molecule has 5 nitrogen and oxygen atoms in total. The van der Waals surface area contributed by atoms with Crippen molar-refractivity contribution in [3.63, 3.8) is 0 Å². The first-order chi connectivity index (χ1) is 11.6. The average molecular weight is 338 g/mol. The van der Waals surface area contributed by atoms with Gasteiger partial charge in [0.1, 0.15) is 6.26 Å². The number of rotatable bonds is 14. The number of aromatic nitrogens is 1. The third-order valence-electron chi connectivity index (χ3n) is 4.21. The molecule has 5 heteroatoms. The second kappa shape index (κ2) is 13.0. The number of amides is 1. The summed E-state index contributed by atoms with van der Waals surface area (Å²) in [5, 5.41) is 2.88. The number of hydrogen-bond donors (Lipinski definition) is 2. The van der Waals surface area contributed by atoms with Gasteiger partial charge in [0.2, 0.25) is 5.89 Å². The number of nitrogens with one attached hydrogen (secondary N) is 1. The van der Waals surface area contributed by atoms with Crippen molar-refractivity contribution in [3.05, 3.63) is 17.8 Å². The zero-order chi connectivity index (χ0) is 17.6. The molecule has 1 aromatic rings. The standard InChI is InChI=1S/C19H35N3O2/c1-3-4-5-6-7-8-9-10-11-12-13-14-21-18(23)17-15-24-19(22-17)16(2)20/h15-16H,3-14,20H2,1-2H3,(H,21,23). The fraction of sp³-hybridized carbons (Fsp3) is 0.789. The Kier molecular flexibility index (Phi) is 11.2. The van der Waals surface area contributed by atoms with E-state index in [9.17, 15) is 4.79 Å². The SMILES string of the molecule is CCCCCCCCCCCCCNC(=O)c1coc(C(C)N)n1. The number of nitrogens with two attached hydrogens (primary N) is 1. The highest BCUT2D eigenvalue weighted by molar-refractivity contribution is 5.91. The topological polar surface area (TPSA) is 81.2 Å². The Bertz CT molecular complexity index is 444. The summed E-state index contributed by atoms with van der Waals surface area (Å²) in [6.07, 6.45) is 15.7. The smallest absolute Gasteiger partial charge is 0.273 e. The Morgan fingerprint density at radius 1 is 1.08 bits per heavy atom. The summed E-state index contributed by atoms with van der Waals surface area (Å²) in [6.45, 7) is 4.72. The molecule has 0 saturated carbocycles. The second-order valence-electron chi connectivity index (χ2n) is 6.65. The summed E-state index contributed by atoms with van der Waals surface area (Å²) in [5.41, 5.74) is 5.97. The van der Waals surface area contributed by atoms with Gasteiger partial charge in [-0.2, -0.15) is 0 Å². The molecule has 0 radical (unpaired) electrons. The van der Waals surface area contributed by atoms with Crippen molar-refractivity contribution in [1.29, 1.82) is 0 Å². The molecular formula is C19H35N3O2. The van der Waals surface area contributed by atoms with E-state index in [1.807, 2.05) is 0 Å². The van der Waals surface area contributed by atoms with Crippen LogP contribution in [0.4, 0.5) is 0 Å². The highest BCUT2D eigenvalue weighted by atomic mass is 16.3. The molecule has 0 aromatic carbocycles. The van der Waals surface area contributed by atoms with Crippen molar-refractivity contribution >= 4 is 5.91 Å². The van der Waals surface area contributed by atoms with Crippen molar-refractivity contribution in [3.8, 4) is 0 Å². The first-order valence-corrected chi connectivity index (χ1v) is 9.64. The molecule has 0 aliphatic rings. The van der Waals surface area contributed by atoms with Crippen molar-refractivity contribution in [2.24, 2.45) is 5.73 Å². The van der Waals surface area contributed by atoms with E-state index in [2.05, 4.69) is 17.2 Å². The molecule has 1 rings (SSSR count). The number of hydrogen-bond acceptors (Lipinski definition) is 4. The maximum absolute atomic E-state index is 11.9. The van der Waals surface area contributed by atoms with Gasteiger partial charge in [-0.1, -0.05) is 71.1 Å². The molecule has 0 fully saturated rings. The summed E-state index contributed by atoms with van der Waals surface area (Å²) >= 11 is 0. The van der Waals surface area contributed by atoms with Crippen molar-refractivity contribution < 1.29 is 9.21 Å². The molecule has 3 N–H and O–H groups in total. The summed E-state index contributed by atoms with van der Waals surface area (Å²) in [5.74, 6) is 0.215. The van der Waals surface area contributed by atoms with E-state index in [0.29, 0.717) is 18.1 Å². The predicted molar refractivity (Wildman–Crippen MR) is 97.9 cm³/mol. The van der Waals surface area contributed by atoms with E-state index in [1.54, 1.807) is 6.92 Å². The highest BCUT2D eigenvalue weighted by Crippen LogP contribution is 2.11. The molecule has 1 atom stereocenters. The molecule has 1 heterocycles. The Morgan fingerprint density at radius 3 is 2.12 bits per heavy atom. The maximum Gasteiger partial charge on any atom is 0.273 e. The largest absolute Gasteiger partial charge is 0.446 e. The van der Waals surface area contributed by atoms with Crippen molar-refractivity contribution in [1.82, 2.24) is 10.3 Å². The van der Waals surface area contributed by atoms with Crippen LogP contribution in [-0.4, -0.2) is 17.4 Å². The zero-order valence-electron chi connectivity index (χ0n) is 15.5. The van der Waals surface area contributed by atoms with Gasteiger partial charge in [-0.05, 0) is 13.3 Å². The van der Waals surface area contributed by atoms with E-state index in [0.717, 1.165) is 6.42 Å². The van der Waals surface area contributed by atoms with Crippen LogP contribution in [0.5, 0.6) is 0 Å². The van der Waals surface area contributed by atoms with Gasteiger partial charge in [0.15, 0.2) is 5.69 Å². The van der Waals surface area contributed by atoms with Gasteiger partial charge in [0.25, 0.3) is 5.91 Å². The molecule has 0 aliphatic heterocycles. The Balaban J connectivity index is 1.93. The van der Waals surface area contributed by atoms with Crippen LogP contribution in [0.2, 0.25) is 0 Å². The van der Waals surface area contributed by atoms with Gasteiger partial charge in [0, 0.05) is 6.54 Å². The monoisotopic (exact) mass is 337 g/mol. The lowest BCUT2D eigenvalue weighted by Gasteiger charge is -2.04. The minimum absolute atomic E-state index is 0.183. The fourth-order valence-electron chi connectivity index (χ4n) is 2.68. The summed E-state index contributed by atoms with van der Waals surface area (Å²) in [7, 11) is 0. The lowest BCUT2D eigenvalue weighted by molar-refractivity contribution is 0.0948. The minimum atomic E-state index is -0.293. The van der Waals surface area contributed by atoms with Gasteiger partial charge in [-0.3, -0.25) is 4.79 Å². The summed E-state index contributed by atoms with van der Waals surface area (Å²) < 4.78 is 5.16. The zero-order valence-corrected chi connectivity index (χ0v) is 15.5. The Hall–Kier alpha value is -1.36. The molecule has 0 aliphatic carbocycles. The first kappa shape index (κ1) is 20.7. The van der Waals surface area contributed by atoms with Crippen LogP contribution in [-0.2, 0) is 0 Å². The molecule has 1 amide bonds. The Morgan fingerprint density at radius 2 is 1.62 bits per heavy atom. The molecule has 1 aromatic heterocycles. The minimum Gasteiger partial charge on any atom is -0.446 e. The van der Waals surface area contributed by atoms with Crippen LogP contribution in [0, 0.1) is 0 Å². The van der Waals surface area contributed by atoms with Gasteiger partial charge < -0.3 is 15.5 Å². The highest BCUT2D eigenvalue weighted by Gasteiger charge is 2.13. The van der Waals surface area contributed by atoms with Gasteiger partial charge in [-0.25, -0.2) is 4.98 Å². The molecule has 0 spiro atoms. The predicted octanol–water partition coefficient (Wildman–Crippen LogP) is 4.74. The number of carbonyl (C=O) groups excluding carboxylic acids is 1. The van der Waals surface area contributed by atoms with E-state index in [-0.39, 0.29) is 11.9 Å². The fourth-order valence-corrected chi connectivity index (χ4v) is 2.68. The van der Waals surface area contributed by atoms with E-state index >= 15 is 0 Å². The molecule has 1 unspecified atom stereocenters. The van der Waals surface area contributed by atoms with Crippen LogP contribution < -0.4 is 11.1 Å². The number of nitrogens with zero attached hydrogens (tertiary/aromatic N) is 1. The summed E-state index contributed by atoms with van der Waals surface area (Å²) in [4.78, 5) is 16.0. The quantitative estimate of drug-likeness (QED) is 0.481. The lowest BCUT2D eigenvalue weighted by Crippen LogP contribution is -2.24. The van der Waals surface area contributed by atoms with Gasteiger partial charge in [-0.15, -0.1) is 0 Å². The van der Waals surface area contributed by atoms with E-state index < -0.39 is 0 Å². The van der Waals surface area contributed by atoms with Crippen LogP contribution in [0.25, 0.3) is 0 Å². The summed E-state index contributed by atoms with van der Waals surface area (Å²) in [6, 6.07) is -0.293. The third kappa shape index (κ3) is 9.06. The maximum atomic E-state index is 11.9. The number of unbranched alkanes of at least 4 members (excludes halogenated alkanes) is 10. The molecule has 0 saturated heterocycles. The third-order valence-corrected chi connectivity index (χ3v) is 4.21. The van der Waals surface area contributed by atoms with Crippen LogP contribution in [0.1, 0.15) is 107 Å². The normalized spacial score (nSPS) is 12.3. The van der Waals surface area contributed by atoms with E-state index in [1.165, 1.54) is 70.5 Å². The molecule has 24 heavy (non-hydrogen) atoms. The van der Waals surface area contributed by atoms with Crippen molar-refractivity contribution in [2.45, 2.75) is 90.5 Å².